The molecule has 158 valence electrons. The van der Waals surface area contributed by atoms with Crippen molar-refractivity contribution >= 4 is 11.8 Å². The Balaban J connectivity index is 1.50. The number of nitrogens with zero attached hydrogens (tertiary/aromatic N) is 4. The van der Waals surface area contributed by atoms with Crippen LogP contribution >= 0.6 is 0 Å². The molecule has 7 heteroatoms. The molecule has 1 aromatic carbocycles. The molecule has 2 aromatic heterocycles. The van der Waals surface area contributed by atoms with Crippen molar-refractivity contribution in [2.75, 3.05) is 17.7 Å². The van der Waals surface area contributed by atoms with E-state index in [0.717, 1.165) is 30.0 Å². The molecule has 0 radical (unpaired) electrons. The number of fused-ring (bicyclic) bond motifs is 1. The fraction of sp³-hybridized carbons (Fsp3) is 0.435. The number of anilines is 2. The third-order valence-corrected chi connectivity index (χ3v) is 5.39. The molecular weight excluding hydrogens is 376 g/mol. The topological polar surface area (TPSA) is 90.9 Å². The molecule has 1 atom stereocenters. The Morgan fingerprint density at radius 1 is 1.10 bits per heavy atom. The first-order valence-corrected chi connectivity index (χ1v) is 10.6. The van der Waals surface area contributed by atoms with Gasteiger partial charge in [-0.1, -0.05) is 6.07 Å². The number of nitrogen functional groups attached to an aromatic ring is 1. The summed E-state index contributed by atoms with van der Waals surface area (Å²) < 4.78 is 7.90. The summed E-state index contributed by atoms with van der Waals surface area (Å²) in [7, 11) is 1.97. The molecule has 4 rings (SSSR count). The van der Waals surface area contributed by atoms with Gasteiger partial charge in [0.2, 0.25) is 5.95 Å². The molecule has 1 aliphatic carbocycles. The highest BCUT2D eigenvalue weighted by molar-refractivity contribution is 5.65. The van der Waals surface area contributed by atoms with Crippen LogP contribution in [0.15, 0.2) is 24.3 Å². The fourth-order valence-electron chi connectivity index (χ4n) is 4.19. The number of nitrogens with two attached hydrogens (primary N) is 1. The Morgan fingerprint density at radius 2 is 1.83 bits per heavy atom. The smallest absolute Gasteiger partial charge is 0.222 e. The van der Waals surface area contributed by atoms with Gasteiger partial charge in [0, 0.05) is 18.7 Å². The lowest BCUT2D eigenvalue weighted by atomic mass is 9.95. The fourth-order valence-corrected chi connectivity index (χ4v) is 4.19. The van der Waals surface area contributed by atoms with E-state index in [0.29, 0.717) is 12.4 Å². The average Bonchev–Trinajstić information content (AvgIpc) is 3.01. The number of aryl methyl sites for hydroxylation is 4. The molecule has 0 unspecified atom stereocenters. The van der Waals surface area contributed by atoms with Gasteiger partial charge >= 0.3 is 0 Å². The number of hydrogen-bond donors (Lipinski definition) is 2. The van der Waals surface area contributed by atoms with E-state index in [1.165, 1.54) is 35.2 Å². The van der Waals surface area contributed by atoms with E-state index in [9.17, 15) is 0 Å². The maximum Gasteiger partial charge on any atom is 0.222 e. The lowest BCUT2D eigenvalue weighted by molar-refractivity contribution is 0.303. The van der Waals surface area contributed by atoms with Crippen LogP contribution in [0.3, 0.4) is 0 Å². The monoisotopic (exact) mass is 406 g/mol. The van der Waals surface area contributed by atoms with E-state index >= 15 is 0 Å². The Morgan fingerprint density at radius 3 is 2.60 bits per heavy atom. The first-order valence-electron chi connectivity index (χ1n) is 10.6. The predicted octanol–water partition coefficient (Wildman–Crippen LogP) is 3.83. The van der Waals surface area contributed by atoms with Gasteiger partial charge in [0.1, 0.15) is 18.2 Å². The van der Waals surface area contributed by atoms with Crippen LogP contribution < -0.4 is 15.8 Å². The molecule has 30 heavy (non-hydrogen) atoms. The van der Waals surface area contributed by atoms with E-state index in [1.807, 2.05) is 29.9 Å². The number of benzene rings is 1. The van der Waals surface area contributed by atoms with E-state index in [-0.39, 0.29) is 12.0 Å². The summed E-state index contributed by atoms with van der Waals surface area (Å²) in [6.45, 7) is 6.73. The zero-order valence-corrected chi connectivity index (χ0v) is 18.2. The average molecular weight is 407 g/mol. The Bertz CT molecular complexity index is 1040. The first-order chi connectivity index (χ1) is 14.4. The minimum atomic E-state index is 0.0495. The van der Waals surface area contributed by atoms with Crippen LogP contribution in [0.5, 0.6) is 5.75 Å². The molecule has 0 saturated heterocycles. The summed E-state index contributed by atoms with van der Waals surface area (Å²) in [5, 5.41) is 8.10. The molecule has 7 nitrogen and oxygen atoms in total. The molecular formula is C23H30N6O. The normalized spacial score (nSPS) is 14.3. The maximum absolute atomic E-state index is 6.04. The van der Waals surface area contributed by atoms with Crippen LogP contribution in [0.4, 0.5) is 11.8 Å². The zero-order chi connectivity index (χ0) is 21.3. The van der Waals surface area contributed by atoms with Crippen LogP contribution in [0.25, 0.3) is 11.4 Å². The van der Waals surface area contributed by atoms with E-state index in [4.69, 9.17) is 15.6 Å². The number of rotatable bonds is 6. The van der Waals surface area contributed by atoms with Crippen molar-refractivity contribution in [1.82, 2.24) is 19.7 Å². The molecule has 1 aliphatic rings. The van der Waals surface area contributed by atoms with Crippen molar-refractivity contribution in [2.24, 2.45) is 7.05 Å². The van der Waals surface area contributed by atoms with Gasteiger partial charge in [0.05, 0.1) is 23.1 Å². The van der Waals surface area contributed by atoms with Crippen LogP contribution in [-0.4, -0.2) is 32.4 Å². The van der Waals surface area contributed by atoms with E-state index in [2.05, 4.69) is 42.1 Å². The summed E-state index contributed by atoms with van der Waals surface area (Å²) >= 11 is 0. The molecule has 0 bridgehead atoms. The second-order valence-corrected chi connectivity index (χ2v) is 8.28. The van der Waals surface area contributed by atoms with Gasteiger partial charge in [-0.2, -0.15) is 10.1 Å². The van der Waals surface area contributed by atoms with Gasteiger partial charge in [-0.25, -0.2) is 4.98 Å². The lowest BCUT2D eigenvalue weighted by Gasteiger charge is -2.17. The minimum Gasteiger partial charge on any atom is -0.491 e. The zero-order valence-electron chi connectivity index (χ0n) is 18.2. The molecule has 0 spiro atoms. The van der Waals surface area contributed by atoms with Crippen molar-refractivity contribution in [3.05, 3.63) is 46.6 Å². The van der Waals surface area contributed by atoms with Gasteiger partial charge in [0.15, 0.2) is 0 Å². The first kappa shape index (κ1) is 20.2. The van der Waals surface area contributed by atoms with Gasteiger partial charge in [-0.15, -0.1) is 0 Å². The van der Waals surface area contributed by atoms with Crippen molar-refractivity contribution in [2.45, 2.75) is 52.5 Å². The number of aromatic nitrogens is 4. The quantitative estimate of drug-likeness (QED) is 0.646. The Hall–Kier alpha value is -3.09. The molecule has 0 saturated carbocycles. The van der Waals surface area contributed by atoms with Crippen LogP contribution in [0.2, 0.25) is 0 Å². The summed E-state index contributed by atoms with van der Waals surface area (Å²) in [5.74, 6) is 1.83. The summed E-state index contributed by atoms with van der Waals surface area (Å²) in [4.78, 5) is 8.88. The third kappa shape index (κ3) is 4.40. The van der Waals surface area contributed by atoms with Crippen molar-refractivity contribution in [3.8, 4) is 17.1 Å². The summed E-state index contributed by atoms with van der Waals surface area (Å²) in [6, 6.07) is 8.23. The molecule has 2 heterocycles. The number of nitrogens with one attached hydrogen (secondary N) is 1. The van der Waals surface area contributed by atoms with Gasteiger partial charge in [0.25, 0.3) is 0 Å². The highest BCUT2D eigenvalue weighted by Gasteiger charge is 2.22. The number of hydrogen-bond acceptors (Lipinski definition) is 6. The number of ether oxygens (including phenoxy) is 1. The van der Waals surface area contributed by atoms with Gasteiger partial charge in [-0.05, 0) is 69.7 Å². The predicted molar refractivity (Wildman–Crippen MR) is 120 cm³/mol. The minimum absolute atomic E-state index is 0.0495. The molecule has 3 aromatic rings. The van der Waals surface area contributed by atoms with E-state index < -0.39 is 0 Å². The standard InChI is InChI=1S/C23H30N6O/c1-14-9-15(2)11-17(10-14)30-13-16(3)25-21-12-20(26-23(24)27-21)22-18-7-5-6-8-19(18)28-29(22)4/h9-12,16H,5-8,13H2,1-4H3,(H3,24,25,26,27)/t16-/m0/s1. The summed E-state index contributed by atoms with van der Waals surface area (Å²) in [6.07, 6.45) is 4.44. The molecule has 3 N–H and O–H groups in total. The Kier molecular flexibility index (Phi) is 5.61. The lowest BCUT2D eigenvalue weighted by Crippen LogP contribution is -2.24. The molecule has 0 fully saturated rings. The second-order valence-electron chi connectivity index (χ2n) is 8.28. The highest BCUT2D eigenvalue weighted by Crippen LogP contribution is 2.31. The van der Waals surface area contributed by atoms with Crippen molar-refractivity contribution in [1.29, 1.82) is 0 Å². The van der Waals surface area contributed by atoms with Crippen LogP contribution in [0, 0.1) is 13.8 Å². The van der Waals surface area contributed by atoms with Crippen LogP contribution in [-0.2, 0) is 19.9 Å². The highest BCUT2D eigenvalue weighted by atomic mass is 16.5. The maximum atomic E-state index is 6.04. The molecule has 0 aliphatic heterocycles. The summed E-state index contributed by atoms with van der Waals surface area (Å²) in [5.41, 5.74) is 12.8. The van der Waals surface area contributed by atoms with Crippen LogP contribution in [0.1, 0.15) is 42.1 Å². The van der Waals surface area contributed by atoms with Crippen molar-refractivity contribution in [3.63, 3.8) is 0 Å². The SMILES string of the molecule is Cc1cc(C)cc(OC[C@H](C)Nc2cc(-c3c4c(nn3C)CCCC4)nc(N)n2)c1. The van der Waals surface area contributed by atoms with E-state index in [1.54, 1.807) is 0 Å². The molecule has 0 amide bonds. The largest absolute Gasteiger partial charge is 0.491 e. The van der Waals surface area contributed by atoms with Crippen molar-refractivity contribution < 1.29 is 4.74 Å². The third-order valence-electron chi connectivity index (χ3n) is 5.39. The van der Waals surface area contributed by atoms with Gasteiger partial charge < -0.3 is 15.8 Å². The van der Waals surface area contributed by atoms with Gasteiger partial charge in [-0.3, -0.25) is 4.68 Å². The second kappa shape index (κ2) is 8.34. The Labute approximate surface area is 177 Å².